The fourth-order valence-corrected chi connectivity index (χ4v) is 3.80. The summed E-state index contributed by atoms with van der Waals surface area (Å²) in [6.45, 7) is 6.28. The monoisotopic (exact) mass is 537 g/mol. The van der Waals surface area contributed by atoms with Gasteiger partial charge in [-0.15, -0.1) is 0 Å². The minimum Gasteiger partial charge on any atom is -0.497 e. The lowest BCUT2D eigenvalue weighted by molar-refractivity contribution is -0.140. The number of alkyl carbamates (subject to hydrolysis) is 1. The Hall–Kier alpha value is -4.59. The third-order valence-electron chi connectivity index (χ3n) is 5.59. The maximum absolute atomic E-state index is 13.9. The van der Waals surface area contributed by atoms with Crippen molar-refractivity contribution in [3.05, 3.63) is 59.7 Å². The second-order valence-electron chi connectivity index (χ2n) is 9.80. The highest BCUT2D eigenvalue weighted by Gasteiger charge is 2.37. The first-order valence-electron chi connectivity index (χ1n) is 12.3. The van der Waals surface area contributed by atoms with Gasteiger partial charge in [0.2, 0.25) is 11.8 Å². The quantitative estimate of drug-likeness (QED) is 0.370. The molecule has 0 aliphatic carbocycles. The highest BCUT2D eigenvalue weighted by atomic mass is 16.6. The van der Waals surface area contributed by atoms with Gasteiger partial charge < -0.3 is 30.7 Å². The topological polar surface area (TPSA) is 164 Å². The van der Waals surface area contributed by atoms with Gasteiger partial charge in [0, 0.05) is 12.1 Å². The molecule has 0 saturated heterocycles. The van der Waals surface area contributed by atoms with Crippen LogP contribution in [0.15, 0.2) is 48.5 Å². The number of rotatable bonds is 11. The van der Waals surface area contributed by atoms with Gasteiger partial charge >= 0.3 is 6.09 Å². The van der Waals surface area contributed by atoms with E-state index in [0.29, 0.717) is 22.6 Å². The van der Waals surface area contributed by atoms with E-state index in [1.54, 1.807) is 76.2 Å². The molecule has 39 heavy (non-hydrogen) atoms. The molecule has 0 aliphatic rings. The van der Waals surface area contributed by atoms with Crippen molar-refractivity contribution < 1.29 is 28.7 Å². The zero-order chi connectivity index (χ0) is 29.2. The number of nitriles is 1. The van der Waals surface area contributed by atoms with Crippen LogP contribution >= 0.6 is 0 Å². The minimum atomic E-state index is -1.29. The van der Waals surface area contributed by atoms with Gasteiger partial charge in [0.1, 0.15) is 30.0 Å². The lowest BCUT2D eigenvalue weighted by Crippen LogP contribution is -2.52. The van der Waals surface area contributed by atoms with Crippen molar-refractivity contribution in [2.75, 3.05) is 19.0 Å². The van der Waals surface area contributed by atoms with Gasteiger partial charge in [0.05, 0.1) is 13.2 Å². The summed E-state index contributed by atoms with van der Waals surface area (Å²) in [5.41, 5.74) is 6.08. The van der Waals surface area contributed by atoms with Crippen LogP contribution < -0.4 is 21.1 Å². The van der Waals surface area contributed by atoms with Gasteiger partial charge in [-0.3, -0.25) is 14.4 Å². The lowest BCUT2D eigenvalue weighted by Gasteiger charge is -2.33. The Balaban J connectivity index is 2.51. The van der Waals surface area contributed by atoms with Crippen LogP contribution in [0.2, 0.25) is 0 Å². The molecule has 11 nitrogen and oxygen atoms in total. The second kappa shape index (κ2) is 13.8. The first-order chi connectivity index (χ1) is 18.4. The standard InChI is InChI=1S/C28H35N5O6/c1-18-8-6-7-9-21(18)24(25(35)31-19-10-12-20(38-5)13-11-19)33(17-16-29)26(36)22(14-15-23(30)34)32-27(37)39-28(2,3)4/h6-13,22,24H,14-15,17H2,1-5H3,(H2,30,34)(H,31,35)(H,32,37). The van der Waals surface area contributed by atoms with Crippen molar-refractivity contribution in [3.63, 3.8) is 0 Å². The Morgan fingerprint density at radius 2 is 1.72 bits per heavy atom. The number of nitrogens with one attached hydrogen (secondary N) is 2. The van der Waals surface area contributed by atoms with E-state index in [9.17, 15) is 24.4 Å². The summed E-state index contributed by atoms with van der Waals surface area (Å²) in [7, 11) is 1.52. The third kappa shape index (κ3) is 9.34. The SMILES string of the molecule is COc1ccc(NC(=O)C(c2ccccc2C)N(CC#N)C(=O)C(CCC(N)=O)NC(=O)OC(C)(C)C)cc1. The van der Waals surface area contributed by atoms with Gasteiger partial charge in [-0.2, -0.15) is 5.26 Å². The molecule has 208 valence electrons. The minimum absolute atomic E-state index is 0.157. The van der Waals surface area contributed by atoms with Crippen LogP contribution in [-0.2, 0) is 19.1 Å². The molecule has 0 fully saturated rings. The molecule has 2 aromatic rings. The summed E-state index contributed by atoms with van der Waals surface area (Å²) in [6, 6.07) is 13.0. The number of hydrogen-bond donors (Lipinski definition) is 3. The number of carbonyl (C=O) groups is 4. The second-order valence-corrected chi connectivity index (χ2v) is 9.80. The van der Waals surface area contributed by atoms with Crippen LogP contribution in [0.25, 0.3) is 0 Å². The molecule has 0 radical (unpaired) electrons. The molecule has 11 heteroatoms. The van der Waals surface area contributed by atoms with Gasteiger partial charge in [0.25, 0.3) is 5.91 Å². The average molecular weight is 538 g/mol. The van der Waals surface area contributed by atoms with Crippen LogP contribution in [0.4, 0.5) is 10.5 Å². The zero-order valence-corrected chi connectivity index (χ0v) is 22.8. The van der Waals surface area contributed by atoms with Crippen molar-refractivity contribution in [1.82, 2.24) is 10.2 Å². The Kier molecular flexibility index (Phi) is 10.8. The molecule has 0 heterocycles. The molecule has 0 bridgehead atoms. The molecule has 4 amide bonds. The average Bonchev–Trinajstić information content (AvgIpc) is 2.86. The van der Waals surface area contributed by atoms with Crippen LogP contribution in [0.3, 0.4) is 0 Å². The number of nitrogens with zero attached hydrogens (tertiary/aromatic N) is 2. The number of anilines is 1. The fourth-order valence-electron chi connectivity index (χ4n) is 3.80. The van der Waals surface area contributed by atoms with E-state index < -0.39 is 48.0 Å². The maximum Gasteiger partial charge on any atom is 0.408 e. The Bertz CT molecular complexity index is 1220. The zero-order valence-electron chi connectivity index (χ0n) is 22.8. The Labute approximate surface area is 228 Å². The number of amides is 4. The number of methoxy groups -OCH3 is 1. The highest BCUT2D eigenvalue weighted by Crippen LogP contribution is 2.27. The molecule has 2 atom stereocenters. The van der Waals surface area contributed by atoms with E-state index in [1.165, 1.54) is 7.11 Å². The smallest absolute Gasteiger partial charge is 0.408 e. The predicted octanol–water partition coefficient (Wildman–Crippen LogP) is 3.19. The number of hydrogen-bond acceptors (Lipinski definition) is 7. The summed E-state index contributed by atoms with van der Waals surface area (Å²) in [5, 5.41) is 14.9. The van der Waals surface area contributed by atoms with Gasteiger partial charge in [-0.1, -0.05) is 24.3 Å². The number of primary amides is 1. The summed E-state index contributed by atoms with van der Waals surface area (Å²) in [5.74, 6) is -1.42. The van der Waals surface area contributed by atoms with E-state index in [1.807, 2.05) is 6.07 Å². The summed E-state index contributed by atoms with van der Waals surface area (Å²) in [6.07, 6.45) is -1.27. The molecular formula is C28H35N5O6. The number of benzene rings is 2. The predicted molar refractivity (Wildman–Crippen MR) is 144 cm³/mol. The number of nitrogens with two attached hydrogens (primary N) is 1. The van der Waals surface area contributed by atoms with Gasteiger partial charge in [-0.05, 0) is 69.5 Å². The molecular weight excluding hydrogens is 502 g/mol. The normalized spacial score (nSPS) is 12.3. The molecule has 0 saturated carbocycles. The molecule has 0 spiro atoms. The highest BCUT2D eigenvalue weighted by molar-refractivity contribution is 5.99. The largest absolute Gasteiger partial charge is 0.497 e. The Morgan fingerprint density at radius 1 is 1.08 bits per heavy atom. The van der Waals surface area contributed by atoms with E-state index >= 15 is 0 Å². The van der Waals surface area contributed by atoms with Crippen molar-refractivity contribution >= 4 is 29.5 Å². The van der Waals surface area contributed by atoms with Crippen molar-refractivity contribution in [3.8, 4) is 11.8 Å². The van der Waals surface area contributed by atoms with Gasteiger partial charge in [-0.25, -0.2) is 4.79 Å². The first-order valence-corrected chi connectivity index (χ1v) is 12.3. The van der Waals surface area contributed by atoms with Crippen LogP contribution in [0, 0.1) is 18.3 Å². The van der Waals surface area contributed by atoms with Crippen LogP contribution in [0.5, 0.6) is 5.75 Å². The summed E-state index contributed by atoms with van der Waals surface area (Å²) < 4.78 is 10.4. The molecule has 0 aromatic heterocycles. The van der Waals surface area contributed by atoms with Crippen molar-refractivity contribution in [1.29, 1.82) is 5.26 Å². The van der Waals surface area contributed by atoms with Crippen molar-refractivity contribution in [2.24, 2.45) is 5.73 Å². The van der Waals surface area contributed by atoms with E-state index in [2.05, 4.69) is 10.6 Å². The number of ether oxygens (including phenoxy) is 2. The number of aryl methyl sites for hydroxylation is 1. The van der Waals surface area contributed by atoms with Crippen LogP contribution in [-0.4, -0.2) is 54.0 Å². The lowest BCUT2D eigenvalue weighted by atomic mass is 9.97. The number of carbonyl (C=O) groups excluding carboxylic acids is 4. The van der Waals surface area contributed by atoms with Crippen molar-refractivity contribution in [2.45, 2.75) is 58.2 Å². The summed E-state index contributed by atoms with van der Waals surface area (Å²) in [4.78, 5) is 52.7. The molecule has 2 rings (SSSR count). The molecule has 2 unspecified atom stereocenters. The Morgan fingerprint density at radius 3 is 2.26 bits per heavy atom. The third-order valence-corrected chi connectivity index (χ3v) is 5.59. The maximum atomic E-state index is 13.9. The first kappa shape index (κ1) is 30.6. The van der Waals surface area contributed by atoms with E-state index in [-0.39, 0.29) is 12.8 Å². The van der Waals surface area contributed by atoms with E-state index in [4.69, 9.17) is 15.2 Å². The van der Waals surface area contributed by atoms with Crippen LogP contribution in [0.1, 0.15) is 50.8 Å². The fraction of sp³-hybridized carbons (Fsp3) is 0.393. The van der Waals surface area contributed by atoms with E-state index in [0.717, 1.165) is 4.90 Å². The van der Waals surface area contributed by atoms with Gasteiger partial charge in [0.15, 0.2) is 0 Å². The molecule has 4 N–H and O–H groups in total. The molecule has 2 aromatic carbocycles. The summed E-state index contributed by atoms with van der Waals surface area (Å²) >= 11 is 0. The molecule has 0 aliphatic heterocycles.